The third-order valence-corrected chi connectivity index (χ3v) is 14.0. The molecule has 13 heteroatoms. The number of ketones is 1. The predicted molar refractivity (Wildman–Crippen MR) is 211 cm³/mol. The third-order valence-electron chi connectivity index (χ3n) is 14.0. The summed E-state index contributed by atoms with van der Waals surface area (Å²) < 4.78 is 0. The molecule has 7 amide bonds. The molecule has 6 atom stereocenters. The molecule has 1 unspecified atom stereocenters. The number of Topliss-reactive ketones (excluding diaryl/α,β-unsaturated/α-hetero) is 1. The molecular formula is C43H68N6O7. The zero-order chi connectivity index (χ0) is 40.6. The number of unbranched alkanes of at least 4 members (excludes halogenated alkanes) is 1. The number of rotatable bonds is 15. The lowest BCUT2D eigenvalue weighted by Gasteiger charge is -2.40. The van der Waals surface area contributed by atoms with Gasteiger partial charge in [0, 0.05) is 32.5 Å². The van der Waals surface area contributed by atoms with Crippen molar-refractivity contribution in [2.75, 3.05) is 19.6 Å². The van der Waals surface area contributed by atoms with Gasteiger partial charge in [-0.15, -0.1) is 0 Å². The minimum atomic E-state index is -0.957. The fourth-order valence-corrected chi connectivity index (χ4v) is 10.2. The number of carbonyl (C=O) groups is 7. The molecule has 0 radical (unpaired) electrons. The molecule has 2 heterocycles. The number of imide groups is 1. The number of piperidine rings is 1. The average molecular weight is 781 g/mol. The van der Waals surface area contributed by atoms with Crippen LogP contribution in [0.25, 0.3) is 0 Å². The highest BCUT2D eigenvalue weighted by Crippen LogP contribution is 2.66. The Morgan fingerprint density at radius 3 is 2.11 bits per heavy atom. The van der Waals surface area contributed by atoms with Gasteiger partial charge in [-0.25, -0.2) is 4.79 Å². The first kappa shape index (κ1) is 42.1. The number of urea groups is 1. The summed E-state index contributed by atoms with van der Waals surface area (Å²) in [6, 6.07) is -3.77. The second kappa shape index (κ2) is 16.8. The van der Waals surface area contributed by atoms with E-state index in [9.17, 15) is 28.8 Å². The fraction of sp³-hybridized carbons (Fsp3) is 0.837. The summed E-state index contributed by atoms with van der Waals surface area (Å²) in [5, 5.41) is 11.8. The molecule has 1 spiro atoms. The number of nitrogens with one attached hydrogen (secondary N) is 4. The number of carbonyl (C=O) groups excluding carboxylic acids is 7. The maximum Gasteiger partial charge on any atom is 0.315 e. The maximum atomic E-state index is 15.0. The Kier molecular flexibility index (Phi) is 12.6. The van der Waals surface area contributed by atoms with Gasteiger partial charge in [0.25, 0.3) is 5.91 Å². The Bertz CT molecular complexity index is 1520. The van der Waals surface area contributed by atoms with Gasteiger partial charge in [-0.2, -0.15) is 0 Å². The van der Waals surface area contributed by atoms with Crippen molar-refractivity contribution in [1.82, 2.24) is 31.1 Å². The number of hydrogen-bond donors (Lipinski definition) is 4. The van der Waals surface area contributed by atoms with Crippen LogP contribution in [-0.4, -0.2) is 95.0 Å². The third kappa shape index (κ3) is 9.60. The summed E-state index contributed by atoms with van der Waals surface area (Å²) >= 11 is 0. The molecule has 56 heavy (non-hydrogen) atoms. The second-order valence-corrected chi connectivity index (χ2v) is 20.1. The molecule has 0 aromatic heterocycles. The summed E-state index contributed by atoms with van der Waals surface area (Å²) in [7, 11) is 0. The van der Waals surface area contributed by atoms with Crippen LogP contribution in [0.5, 0.6) is 0 Å². The van der Waals surface area contributed by atoms with E-state index in [4.69, 9.17) is 0 Å². The van der Waals surface area contributed by atoms with E-state index >= 15 is 4.79 Å². The van der Waals surface area contributed by atoms with Crippen LogP contribution in [0.2, 0.25) is 0 Å². The standard InChI is InChI=1S/C43H68N6O7/c1-7-8-20-44-38(54)36(52)30(21-26-14-15-26)45-37(53)35-28-16-17-43(18-19-43)29(28)24-49(35)39(55)34(27-12-10-9-11-13-27)47-40(56)46-31(41(2,3)4)25-48-32(50)22-42(5,6)23-33(48)51/h26-31,34-35H,7-25H2,1-6H3,(H,44,54)(H,45,53)(H2,46,47,56)/t28-,29-,30?,31+,34-,35-/m0/s1. The van der Waals surface area contributed by atoms with Gasteiger partial charge in [-0.3, -0.25) is 33.7 Å². The van der Waals surface area contributed by atoms with Crippen molar-refractivity contribution in [3.05, 3.63) is 0 Å². The van der Waals surface area contributed by atoms with Crippen molar-refractivity contribution in [1.29, 1.82) is 0 Å². The highest BCUT2D eigenvalue weighted by atomic mass is 16.2. The van der Waals surface area contributed by atoms with Gasteiger partial charge >= 0.3 is 6.03 Å². The summed E-state index contributed by atoms with van der Waals surface area (Å²) in [5.41, 5.74) is -0.812. The quantitative estimate of drug-likeness (QED) is 0.107. The van der Waals surface area contributed by atoms with Crippen LogP contribution in [0, 0.1) is 39.9 Å². The van der Waals surface area contributed by atoms with Gasteiger partial charge in [0.1, 0.15) is 12.1 Å². The van der Waals surface area contributed by atoms with E-state index < -0.39 is 52.7 Å². The monoisotopic (exact) mass is 781 g/mol. The van der Waals surface area contributed by atoms with Gasteiger partial charge in [0.2, 0.25) is 29.4 Å². The topological polar surface area (TPSA) is 174 Å². The molecule has 4 aliphatic carbocycles. The molecule has 0 aromatic rings. The molecule has 4 saturated carbocycles. The van der Waals surface area contributed by atoms with Crippen LogP contribution in [-0.2, 0) is 28.8 Å². The summed E-state index contributed by atoms with van der Waals surface area (Å²) in [5.74, 6) is -2.25. The fourth-order valence-electron chi connectivity index (χ4n) is 10.2. The van der Waals surface area contributed by atoms with Crippen molar-refractivity contribution in [2.45, 2.75) is 168 Å². The van der Waals surface area contributed by atoms with Gasteiger partial charge in [-0.1, -0.05) is 80.1 Å². The number of likely N-dealkylation sites (tertiary alicyclic amines) is 2. The van der Waals surface area contributed by atoms with Crippen molar-refractivity contribution in [3.63, 3.8) is 0 Å². The second-order valence-electron chi connectivity index (χ2n) is 20.1. The highest BCUT2D eigenvalue weighted by molar-refractivity contribution is 6.38. The first-order valence-corrected chi connectivity index (χ1v) is 21.8. The van der Waals surface area contributed by atoms with Crippen LogP contribution >= 0.6 is 0 Å². The van der Waals surface area contributed by atoms with Crippen LogP contribution in [0.3, 0.4) is 0 Å². The van der Waals surface area contributed by atoms with Gasteiger partial charge in [0.15, 0.2) is 0 Å². The molecule has 6 fully saturated rings. The van der Waals surface area contributed by atoms with Crippen LogP contribution in [0.4, 0.5) is 4.79 Å². The molecule has 13 nitrogen and oxygen atoms in total. The van der Waals surface area contributed by atoms with E-state index in [1.165, 1.54) is 4.90 Å². The molecule has 2 saturated heterocycles. The van der Waals surface area contributed by atoms with Crippen molar-refractivity contribution in [2.24, 2.45) is 39.9 Å². The molecule has 6 aliphatic rings. The van der Waals surface area contributed by atoms with E-state index in [0.717, 1.165) is 83.5 Å². The number of hydrogen-bond acceptors (Lipinski definition) is 7. The smallest absolute Gasteiger partial charge is 0.315 e. The van der Waals surface area contributed by atoms with Crippen LogP contribution in [0.1, 0.15) is 144 Å². The SMILES string of the molecule is CCCCNC(=O)C(=O)C(CC1CC1)NC(=O)[C@@H]1[C@H]2CCC3(CC3)[C@H]2CN1C(=O)[C@@H](NC(=O)N[C@H](CN1C(=O)CC(C)(C)CC1=O)C(C)(C)C)C1CCCCC1. The minimum Gasteiger partial charge on any atom is -0.349 e. The summed E-state index contributed by atoms with van der Waals surface area (Å²) in [6.45, 7) is 12.5. The van der Waals surface area contributed by atoms with Crippen molar-refractivity contribution >= 4 is 41.4 Å². The van der Waals surface area contributed by atoms with Crippen molar-refractivity contribution in [3.8, 4) is 0 Å². The van der Waals surface area contributed by atoms with Gasteiger partial charge in [0.05, 0.1) is 12.1 Å². The van der Waals surface area contributed by atoms with Crippen molar-refractivity contribution < 1.29 is 33.6 Å². The molecule has 2 aliphatic heterocycles. The van der Waals surface area contributed by atoms with E-state index in [1.807, 2.05) is 41.5 Å². The zero-order valence-corrected chi connectivity index (χ0v) is 34.8. The molecule has 6 rings (SSSR count). The van der Waals surface area contributed by atoms with Gasteiger partial charge in [-0.05, 0) is 91.3 Å². The average Bonchev–Trinajstić information content (AvgIpc) is 4.04. The Labute approximate surface area is 333 Å². The van der Waals surface area contributed by atoms with Crippen LogP contribution < -0.4 is 21.3 Å². The molecular weight excluding hydrogens is 713 g/mol. The number of nitrogens with zero attached hydrogens (tertiary/aromatic N) is 2. The molecule has 312 valence electrons. The maximum absolute atomic E-state index is 15.0. The lowest BCUT2D eigenvalue weighted by molar-refractivity contribution is -0.153. The number of amides is 7. The summed E-state index contributed by atoms with van der Waals surface area (Å²) in [6.07, 6.45) is 12.8. The highest BCUT2D eigenvalue weighted by Gasteiger charge is 2.64. The molecule has 0 aromatic carbocycles. The molecule has 4 N–H and O–H groups in total. The first-order valence-electron chi connectivity index (χ1n) is 21.8. The van der Waals surface area contributed by atoms with E-state index in [0.29, 0.717) is 19.5 Å². The van der Waals surface area contributed by atoms with Crippen LogP contribution in [0.15, 0.2) is 0 Å². The Morgan fingerprint density at radius 1 is 0.857 bits per heavy atom. The largest absolute Gasteiger partial charge is 0.349 e. The van der Waals surface area contributed by atoms with E-state index in [1.54, 1.807) is 4.90 Å². The lowest BCUT2D eigenvalue weighted by atomic mass is 9.80. The predicted octanol–water partition coefficient (Wildman–Crippen LogP) is 4.61. The van der Waals surface area contributed by atoms with E-state index in [2.05, 4.69) is 21.3 Å². The van der Waals surface area contributed by atoms with Gasteiger partial charge < -0.3 is 26.2 Å². The van der Waals surface area contributed by atoms with E-state index in [-0.39, 0.29) is 72.1 Å². The normalized spacial score (nSPS) is 27.3. The number of fused-ring (bicyclic) bond motifs is 2. The minimum absolute atomic E-state index is 0.0316. The Balaban J connectivity index is 1.22. The lowest BCUT2D eigenvalue weighted by Crippen LogP contribution is -2.62. The Morgan fingerprint density at radius 2 is 1.52 bits per heavy atom. The Hall–Kier alpha value is -3.51. The summed E-state index contributed by atoms with van der Waals surface area (Å²) in [4.78, 5) is 99.3. The molecule has 0 bridgehead atoms. The first-order chi connectivity index (χ1) is 26.4. The zero-order valence-electron chi connectivity index (χ0n) is 34.8.